The largest absolute Gasteiger partial charge is 0.381 e. The minimum atomic E-state index is -1.13. The van der Waals surface area contributed by atoms with Crippen molar-refractivity contribution in [3.8, 4) is 6.07 Å². The van der Waals surface area contributed by atoms with Gasteiger partial charge in [-0.05, 0) is 40.5 Å². The van der Waals surface area contributed by atoms with Crippen LogP contribution in [0.15, 0.2) is 0 Å². The molecule has 0 aromatic heterocycles. The lowest BCUT2D eigenvalue weighted by atomic mass is 10.0. The van der Waals surface area contributed by atoms with Gasteiger partial charge in [0.1, 0.15) is 0 Å². The third-order valence-electron chi connectivity index (χ3n) is 5.94. The second kappa shape index (κ2) is 25.8. The molecule has 0 aromatic rings. The summed E-state index contributed by atoms with van der Waals surface area (Å²) in [5.41, 5.74) is 0. The van der Waals surface area contributed by atoms with E-state index in [1.165, 1.54) is 83.5 Å². The van der Waals surface area contributed by atoms with Gasteiger partial charge in [-0.15, -0.1) is 0 Å². The van der Waals surface area contributed by atoms with Crippen LogP contribution in [0.1, 0.15) is 137 Å². The molecule has 0 amide bonds. The van der Waals surface area contributed by atoms with Gasteiger partial charge in [-0.3, -0.25) is 0 Å². The van der Waals surface area contributed by atoms with Crippen LogP contribution in [0, 0.1) is 11.3 Å². The summed E-state index contributed by atoms with van der Waals surface area (Å²) in [4.78, 5) is 0. The Morgan fingerprint density at radius 1 is 0.618 bits per heavy atom. The van der Waals surface area contributed by atoms with Crippen LogP contribution in [-0.4, -0.2) is 43.2 Å². The molecular formula is C28H57N2O3P. The lowest BCUT2D eigenvalue weighted by Gasteiger charge is -2.35. The number of hydrogen-bond acceptors (Lipinski definition) is 5. The van der Waals surface area contributed by atoms with Crippen molar-refractivity contribution < 1.29 is 13.8 Å². The van der Waals surface area contributed by atoms with Gasteiger partial charge in [0, 0.05) is 25.3 Å². The molecule has 0 fully saturated rings. The highest BCUT2D eigenvalue weighted by atomic mass is 31.2. The Balaban J connectivity index is 3.59. The molecule has 0 saturated carbocycles. The maximum Gasteiger partial charge on any atom is 0.259 e. The molecule has 0 rings (SSSR count). The number of ether oxygens (including phenoxy) is 1. The van der Waals surface area contributed by atoms with E-state index in [-0.39, 0.29) is 0 Å². The third-order valence-corrected chi connectivity index (χ3v) is 8.05. The summed E-state index contributed by atoms with van der Waals surface area (Å²) in [5, 5.41) is 8.79. The van der Waals surface area contributed by atoms with Gasteiger partial charge in [0.25, 0.3) is 8.53 Å². The summed E-state index contributed by atoms with van der Waals surface area (Å²) in [6.07, 6.45) is 20.6. The van der Waals surface area contributed by atoms with Crippen LogP contribution in [0.4, 0.5) is 0 Å². The van der Waals surface area contributed by atoms with E-state index in [9.17, 15) is 0 Å². The van der Waals surface area contributed by atoms with E-state index < -0.39 is 8.53 Å². The molecule has 1 atom stereocenters. The average Bonchev–Trinajstić information content (AvgIpc) is 2.80. The first-order valence-corrected chi connectivity index (χ1v) is 15.5. The molecule has 0 heterocycles. The Kier molecular flexibility index (Phi) is 25.7. The van der Waals surface area contributed by atoms with E-state index in [1.807, 2.05) is 0 Å². The van der Waals surface area contributed by atoms with E-state index in [4.69, 9.17) is 19.0 Å². The normalized spacial score (nSPS) is 12.7. The Hall–Kier alpha value is -0.240. The summed E-state index contributed by atoms with van der Waals surface area (Å²) < 4.78 is 20.1. The van der Waals surface area contributed by atoms with Crippen molar-refractivity contribution in [3.05, 3.63) is 0 Å². The highest BCUT2D eigenvalue weighted by molar-refractivity contribution is 7.44. The van der Waals surface area contributed by atoms with Crippen molar-refractivity contribution in [1.29, 1.82) is 5.26 Å². The molecule has 0 aromatic carbocycles. The minimum absolute atomic E-state index is 0.338. The molecule has 34 heavy (non-hydrogen) atoms. The van der Waals surface area contributed by atoms with Crippen molar-refractivity contribution in [2.24, 2.45) is 0 Å². The zero-order valence-corrected chi connectivity index (χ0v) is 24.3. The maximum atomic E-state index is 8.79. The van der Waals surface area contributed by atoms with Gasteiger partial charge in [-0.1, -0.05) is 90.4 Å². The fourth-order valence-electron chi connectivity index (χ4n) is 4.12. The van der Waals surface area contributed by atoms with Crippen molar-refractivity contribution in [1.82, 2.24) is 4.67 Å². The van der Waals surface area contributed by atoms with Crippen LogP contribution in [0.5, 0.6) is 0 Å². The Morgan fingerprint density at radius 2 is 1.06 bits per heavy atom. The molecular weight excluding hydrogens is 443 g/mol. The van der Waals surface area contributed by atoms with E-state index in [0.717, 1.165) is 26.1 Å². The first kappa shape index (κ1) is 33.8. The summed E-state index contributed by atoms with van der Waals surface area (Å²) in [6, 6.07) is 2.82. The van der Waals surface area contributed by atoms with Crippen molar-refractivity contribution in [3.63, 3.8) is 0 Å². The first-order chi connectivity index (χ1) is 16.5. The quantitative estimate of drug-likeness (QED) is 0.0875. The molecule has 0 radical (unpaired) electrons. The zero-order chi connectivity index (χ0) is 25.3. The van der Waals surface area contributed by atoms with Gasteiger partial charge in [0.2, 0.25) is 0 Å². The monoisotopic (exact) mass is 500 g/mol. The standard InChI is InChI=1S/C28H57N2O3P/c1-6-7-8-9-10-11-12-13-14-15-16-17-18-19-23-31-24-21-26-33-34(32-25-20-22-29)30(27(2)3)28(4)5/h27-28H,6-21,23-26H2,1-5H3. The molecule has 0 aliphatic carbocycles. The van der Waals surface area contributed by atoms with E-state index in [0.29, 0.717) is 31.7 Å². The van der Waals surface area contributed by atoms with Gasteiger partial charge in [0.15, 0.2) is 0 Å². The van der Waals surface area contributed by atoms with Gasteiger partial charge in [-0.25, -0.2) is 4.67 Å². The Bertz CT molecular complexity index is 449. The van der Waals surface area contributed by atoms with Crippen LogP contribution < -0.4 is 0 Å². The molecule has 0 saturated heterocycles. The van der Waals surface area contributed by atoms with Crippen LogP contribution in [0.3, 0.4) is 0 Å². The molecule has 1 unspecified atom stereocenters. The first-order valence-electron chi connectivity index (χ1n) is 14.3. The topological polar surface area (TPSA) is 54.7 Å². The van der Waals surface area contributed by atoms with Crippen molar-refractivity contribution in [2.45, 2.75) is 149 Å². The van der Waals surface area contributed by atoms with Crippen molar-refractivity contribution >= 4 is 8.53 Å². The van der Waals surface area contributed by atoms with E-state index in [1.54, 1.807) is 0 Å². The smallest absolute Gasteiger partial charge is 0.259 e. The molecule has 5 nitrogen and oxygen atoms in total. The predicted octanol–water partition coefficient (Wildman–Crippen LogP) is 9.17. The fraction of sp³-hybridized carbons (Fsp3) is 0.964. The lowest BCUT2D eigenvalue weighted by molar-refractivity contribution is 0.109. The zero-order valence-electron chi connectivity index (χ0n) is 23.4. The van der Waals surface area contributed by atoms with Gasteiger partial charge >= 0.3 is 0 Å². The highest BCUT2D eigenvalue weighted by Gasteiger charge is 2.26. The third kappa shape index (κ3) is 21.1. The summed E-state index contributed by atoms with van der Waals surface area (Å²) in [7, 11) is -1.13. The van der Waals surface area contributed by atoms with Crippen LogP contribution in [0.25, 0.3) is 0 Å². The van der Waals surface area contributed by atoms with Gasteiger partial charge < -0.3 is 13.8 Å². The van der Waals surface area contributed by atoms with Crippen LogP contribution >= 0.6 is 8.53 Å². The number of hydrogen-bond donors (Lipinski definition) is 0. The minimum Gasteiger partial charge on any atom is -0.381 e. The second-order valence-corrected chi connectivity index (χ2v) is 11.4. The van der Waals surface area contributed by atoms with E-state index in [2.05, 4.69) is 45.4 Å². The molecule has 0 N–H and O–H groups in total. The number of nitriles is 1. The van der Waals surface area contributed by atoms with Crippen LogP contribution in [-0.2, 0) is 13.8 Å². The number of rotatable bonds is 26. The predicted molar refractivity (Wildman–Crippen MR) is 147 cm³/mol. The molecule has 202 valence electrons. The SMILES string of the molecule is CCCCCCCCCCCCCCCCOCCCOP(OCCC#N)N(C(C)C)C(C)C. The maximum absolute atomic E-state index is 8.79. The summed E-state index contributed by atoms with van der Waals surface area (Å²) in [6.45, 7) is 13.6. The van der Waals surface area contributed by atoms with Crippen molar-refractivity contribution in [2.75, 3.05) is 26.4 Å². The molecule has 6 heteroatoms. The fourth-order valence-corrected chi connectivity index (χ4v) is 5.75. The molecule has 0 aliphatic rings. The summed E-state index contributed by atoms with van der Waals surface area (Å²) in [5.74, 6) is 0. The van der Waals surface area contributed by atoms with Crippen LogP contribution in [0.2, 0.25) is 0 Å². The molecule has 0 aliphatic heterocycles. The Labute approximate surface area is 214 Å². The molecule has 0 spiro atoms. The van der Waals surface area contributed by atoms with Gasteiger partial charge in [-0.2, -0.15) is 5.26 Å². The number of unbranched alkanes of at least 4 members (excludes halogenated alkanes) is 13. The lowest BCUT2D eigenvalue weighted by Crippen LogP contribution is -2.33. The highest BCUT2D eigenvalue weighted by Crippen LogP contribution is 2.45. The van der Waals surface area contributed by atoms with E-state index >= 15 is 0 Å². The van der Waals surface area contributed by atoms with Gasteiger partial charge in [0.05, 0.1) is 25.7 Å². The number of nitrogens with zero attached hydrogens (tertiary/aromatic N) is 2. The molecule has 0 bridgehead atoms. The summed E-state index contributed by atoms with van der Waals surface area (Å²) >= 11 is 0. The average molecular weight is 501 g/mol. The second-order valence-electron chi connectivity index (χ2n) is 9.94. The Morgan fingerprint density at radius 3 is 1.53 bits per heavy atom.